The van der Waals surface area contributed by atoms with Crippen molar-refractivity contribution in [3.05, 3.63) is 35.3 Å². The van der Waals surface area contributed by atoms with Crippen molar-refractivity contribution in [2.24, 2.45) is 0 Å². The summed E-state index contributed by atoms with van der Waals surface area (Å²) in [6, 6.07) is 0. The fourth-order valence-corrected chi connectivity index (χ4v) is 2.93. The van der Waals surface area contributed by atoms with Crippen LogP contribution in [-0.2, 0) is 14.2 Å². The first-order valence-electron chi connectivity index (χ1n) is 5.08. The Morgan fingerprint density at radius 1 is 1.31 bits per heavy atom. The van der Waals surface area contributed by atoms with Gasteiger partial charge < -0.3 is 14.2 Å². The molecule has 5 heteroatoms. The van der Waals surface area contributed by atoms with E-state index in [9.17, 15) is 0 Å². The van der Waals surface area contributed by atoms with Crippen LogP contribution in [0.25, 0.3) is 0 Å². The summed E-state index contributed by atoms with van der Waals surface area (Å²) in [6.45, 7) is 1.20. The summed E-state index contributed by atoms with van der Waals surface area (Å²) in [4.78, 5) is 0.0527. The van der Waals surface area contributed by atoms with Crippen molar-refractivity contribution in [1.29, 1.82) is 0 Å². The van der Waals surface area contributed by atoms with E-state index in [-0.39, 0.29) is 10.2 Å². The van der Waals surface area contributed by atoms with E-state index in [2.05, 4.69) is 15.9 Å². The van der Waals surface area contributed by atoms with Gasteiger partial charge in [0, 0.05) is 5.57 Å². The van der Waals surface area contributed by atoms with Gasteiger partial charge in [0.25, 0.3) is 0 Å². The molecule has 16 heavy (non-hydrogen) atoms. The molecule has 0 bridgehead atoms. The van der Waals surface area contributed by atoms with Crippen molar-refractivity contribution in [2.75, 3.05) is 13.2 Å². The van der Waals surface area contributed by atoms with Crippen molar-refractivity contribution in [1.82, 2.24) is 0 Å². The van der Waals surface area contributed by atoms with Crippen LogP contribution in [-0.4, -0.2) is 29.7 Å². The van der Waals surface area contributed by atoms with Gasteiger partial charge in [-0.3, -0.25) is 0 Å². The molecule has 0 aromatic rings. The molecule has 0 amide bonds. The molecule has 86 valence electrons. The lowest BCUT2D eigenvalue weighted by atomic mass is 10.1. The Balaban J connectivity index is 1.99. The number of ether oxygens (including phenoxy) is 3. The third-order valence-electron chi connectivity index (χ3n) is 2.75. The number of halogens is 2. The molecule has 1 aliphatic carbocycles. The van der Waals surface area contributed by atoms with E-state index in [1.807, 2.05) is 12.2 Å². The summed E-state index contributed by atoms with van der Waals surface area (Å²) in [5, 5.41) is -0.0623. The number of hydrogen-bond donors (Lipinski definition) is 0. The molecule has 0 N–H and O–H groups in total. The minimum atomic E-state index is -0.398. The number of rotatable bonds is 1. The molecular formula is C11H10BrClO3. The lowest BCUT2D eigenvalue weighted by molar-refractivity contribution is -0.0423. The minimum Gasteiger partial charge on any atom is -0.464 e. The molecule has 1 saturated heterocycles. The van der Waals surface area contributed by atoms with E-state index in [1.165, 1.54) is 0 Å². The molecule has 3 nitrogen and oxygen atoms in total. The Morgan fingerprint density at radius 3 is 2.81 bits per heavy atom. The van der Waals surface area contributed by atoms with Crippen molar-refractivity contribution in [2.45, 2.75) is 16.5 Å². The molecule has 0 aromatic carbocycles. The minimum absolute atomic E-state index is 0.0527. The molecule has 2 atom stereocenters. The molecule has 2 unspecified atom stereocenters. The first-order chi connectivity index (χ1) is 7.77. The van der Waals surface area contributed by atoms with Crippen molar-refractivity contribution in [3.8, 4) is 0 Å². The molecule has 3 rings (SSSR count). The van der Waals surface area contributed by atoms with Gasteiger partial charge in [-0.2, -0.15) is 0 Å². The van der Waals surface area contributed by atoms with Gasteiger partial charge in [0.1, 0.15) is 0 Å². The van der Waals surface area contributed by atoms with Gasteiger partial charge in [-0.15, -0.1) is 11.6 Å². The Hall–Kier alpha value is -0.290. The third-order valence-corrected chi connectivity index (χ3v) is 4.46. The van der Waals surface area contributed by atoms with Gasteiger partial charge in [-0.05, 0) is 11.6 Å². The highest BCUT2D eigenvalue weighted by Gasteiger charge is 2.37. The molecule has 2 aliphatic heterocycles. The van der Waals surface area contributed by atoms with Crippen molar-refractivity contribution >= 4 is 27.5 Å². The summed E-state index contributed by atoms with van der Waals surface area (Å²) in [5.41, 5.74) is 2.12. The van der Waals surface area contributed by atoms with E-state index < -0.39 is 6.29 Å². The van der Waals surface area contributed by atoms with E-state index in [4.69, 9.17) is 25.8 Å². The number of alkyl halides is 2. The summed E-state index contributed by atoms with van der Waals surface area (Å²) < 4.78 is 16.4. The van der Waals surface area contributed by atoms with Crippen LogP contribution in [0.5, 0.6) is 0 Å². The molecule has 3 aliphatic rings. The predicted octanol–water partition coefficient (Wildman–Crippen LogP) is 2.47. The Kier molecular flexibility index (Phi) is 2.83. The van der Waals surface area contributed by atoms with Crippen LogP contribution >= 0.6 is 27.5 Å². The van der Waals surface area contributed by atoms with Crippen LogP contribution < -0.4 is 0 Å². The maximum absolute atomic E-state index is 6.18. The quantitative estimate of drug-likeness (QED) is 0.697. The second-order valence-corrected chi connectivity index (χ2v) is 5.23. The highest BCUT2D eigenvalue weighted by atomic mass is 79.9. The average Bonchev–Trinajstić information content (AvgIpc) is 2.88. The van der Waals surface area contributed by atoms with Gasteiger partial charge in [0.05, 0.1) is 29.7 Å². The molecule has 0 aromatic heterocycles. The van der Waals surface area contributed by atoms with Gasteiger partial charge >= 0.3 is 0 Å². The molecular weight excluding hydrogens is 295 g/mol. The lowest BCUT2D eigenvalue weighted by Gasteiger charge is -2.21. The van der Waals surface area contributed by atoms with Gasteiger partial charge in [-0.1, -0.05) is 22.0 Å². The standard InChI is InChI=1S/C11H10BrClO3/c12-9-7(13)5-6-1-2-14-10(8(6)9)11-15-3-4-16-11/h1-2,5,7,9,11H,3-4H2. The highest BCUT2D eigenvalue weighted by molar-refractivity contribution is 9.09. The average molecular weight is 306 g/mol. The lowest BCUT2D eigenvalue weighted by Crippen LogP contribution is -2.21. The van der Waals surface area contributed by atoms with Crippen LogP contribution in [0.3, 0.4) is 0 Å². The van der Waals surface area contributed by atoms with Crippen LogP contribution in [0.15, 0.2) is 35.3 Å². The molecule has 0 radical (unpaired) electrons. The number of hydrogen-bond acceptors (Lipinski definition) is 3. The summed E-state index contributed by atoms with van der Waals surface area (Å²) >= 11 is 9.75. The van der Waals surface area contributed by atoms with Gasteiger partial charge in [-0.25, -0.2) is 0 Å². The summed E-state index contributed by atoms with van der Waals surface area (Å²) in [6.07, 6.45) is 5.16. The zero-order valence-electron chi connectivity index (χ0n) is 8.36. The Bertz CT molecular complexity index is 396. The SMILES string of the molecule is ClC1C=C2C=COC(C3OCCO3)=C2C1Br. The Morgan fingerprint density at radius 2 is 2.06 bits per heavy atom. The molecule has 0 spiro atoms. The topological polar surface area (TPSA) is 27.7 Å². The van der Waals surface area contributed by atoms with Crippen LogP contribution in [0, 0.1) is 0 Å². The molecule has 2 heterocycles. The summed E-state index contributed by atoms with van der Waals surface area (Å²) in [5.74, 6) is 0.719. The smallest absolute Gasteiger partial charge is 0.217 e. The van der Waals surface area contributed by atoms with E-state index in [1.54, 1.807) is 6.26 Å². The fraction of sp³-hybridized carbons (Fsp3) is 0.455. The monoisotopic (exact) mass is 304 g/mol. The summed E-state index contributed by atoms with van der Waals surface area (Å²) in [7, 11) is 0. The Labute approximate surface area is 107 Å². The fourth-order valence-electron chi connectivity index (χ4n) is 2.02. The second kappa shape index (κ2) is 4.18. The van der Waals surface area contributed by atoms with Crippen molar-refractivity contribution in [3.63, 3.8) is 0 Å². The number of fused-ring (bicyclic) bond motifs is 1. The van der Waals surface area contributed by atoms with E-state index in [0.29, 0.717) is 13.2 Å². The third kappa shape index (κ3) is 1.64. The van der Waals surface area contributed by atoms with Crippen LogP contribution in [0.1, 0.15) is 0 Å². The maximum atomic E-state index is 6.18. The molecule has 0 saturated carbocycles. The van der Waals surface area contributed by atoms with Crippen molar-refractivity contribution < 1.29 is 14.2 Å². The van der Waals surface area contributed by atoms with Crippen LogP contribution in [0.2, 0.25) is 0 Å². The molecule has 1 fully saturated rings. The number of allylic oxidation sites excluding steroid dienone is 4. The normalized spacial score (nSPS) is 34.0. The van der Waals surface area contributed by atoms with Gasteiger partial charge in [0.2, 0.25) is 6.29 Å². The highest BCUT2D eigenvalue weighted by Crippen LogP contribution is 2.41. The zero-order valence-corrected chi connectivity index (χ0v) is 10.7. The first-order valence-corrected chi connectivity index (χ1v) is 6.43. The first kappa shape index (κ1) is 10.8. The largest absolute Gasteiger partial charge is 0.464 e. The maximum Gasteiger partial charge on any atom is 0.217 e. The van der Waals surface area contributed by atoms with Crippen LogP contribution in [0.4, 0.5) is 0 Å². The predicted molar refractivity (Wildman–Crippen MR) is 63.4 cm³/mol. The second-order valence-electron chi connectivity index (χ2n) is 3.74. The van der Waals surface area contributed by atoms with Gasteiger partial charge in [0.15, 0.2) is 5.76 Å². The van der Waals surface area contributed by atoms with E-state index >= 15 is 0 Å². The van der Waals surface area contributed by atoms with E-state index in [0.717, 1.165) is 16.9 Å². The zero-order chi connectivity index (χ0) is 11.1.